The average molecular weight is 321 g/mol. The first kappa shape index (κ1) is 12.8. The predicted octanol–water partition coefficient (Wildman–Crippen LogP) is 3.02. The lowest BCUT2D eigenvalue weighted by atomic mass is 10.2. The van der Waals surface area contributed by atoms with Crippen molar-refractivity contribution >= 4 is 35.7 Å². The van der Waals surface area contributed by atoms with Gasteiger partial charge in [-0.05, 0) is 34.5 Å². The van der Waals surface area contributed by atoms with E-state index >= 15 is 0 Å². The molecule has 0 aliphatic rings. The maximum absolute atomic E-state index is 12.4. The lowest BCUT2D eigenvalue weighted by molar-refractivity contribution is 0.145. The van der Waals surface area contributed by atoms with Crippen LogP contribution < -0.4 is 0 Å². The van der Waals surface area contributed by atoms with E-state index in [4.69, 9.17) is 10.7 Å². The van der Waals surface area contributed by atoms with E-state index in [1.807, 2.05) is 0 Å². The van der Waals surface area contributed by atoms with Crippen LogP contribution in [0.25, 0.3) is 0 Å². The third kappa shape index (κ3) is 2.85. The van der Waals surface area contributed by atoms with Crippen molar-refractivity contribution in [1.29, 1.82) is 0 Å². The largest absolute Gasteiger partial charge is 0.280 e. The van der Waals surface area contributed by atoms with Gasteiger partial charge < -0.3 is 0 Å². The molecule has 1 rings (SSSR count). The topological polar surface area (TPSA) is 47.0 Å². The Hall–Kier alpha value is -0.270. The summed E-state index contributed by atoms with van der Waals surface area (Å²) in [7, 11) is 1.10. The van der Waals surface area contributed by atoms with Gasteiger partial charge in [-0.2, -0.15) is 0 Å². The van der Waals surface area contributed by atoms with Crippen LogP contribution in [0.15, 0.2) is 15.6 Å². The monoisotopic (exact) mass is 319 g/mol. The molecule has 3 nitrogen and oxygen atoms in total. The minimum atomic E-state index is -3.98. The minimum Gasteiger partial charge on any atom is -0.238 e. The first-order valence-corrected chi connectivity index (χ1v) is 6.73. The molecule has 0 N–H and O–H groups in total. The van der Waals surface area contributed by atoms with E-state index in [1.165, 1.54) is 6.92 Å². The van der Waals surface area contributed by atoms with Gasteiger partial charge in [0, 0.05) is 10.7 Å². The molecule has 1 aromatic heterocycles. The summed E-state index contributed by atoms with van der Waals surface area (Å²) in [6.07, 6.45) is -2.76. The Morgan fingerprint density at radius 2 is 2.07 bits per heavy atom. The molecule has 0 unspecified atom stereocenters. The fourth-order valence-electron chi connectivity index (χ4n) is 0.971. The predicted molar refractivity (Wildman–Crippen MR) is 54.7 cm³/mol. The highest BCUT2D eigenvalue weighted by Crippen LogP contribution is 2.29. The summed E-state index contributed by atoms with van der Waals surface area (Å²) in [6, 6.07) is 1.06. The van der Waals surface area contributed by atoms with Gasteiger partial charge in [0.2, 0.25) is 0 Å². The lowest BCUT2D eigenvalue weighted by Crippen LogP contribution is -2.01. The van der Waals surface area contributed by atoms with Crippen LogP contribution in [0.2, 0.25) is 0 Å². The zero-order valence-corrected chi connectivity index (χ0v) is 10.5. The molecule has 0 amide bonds. The van der Waals surface area contributed by atoms with Crippen molar-refractivity contribution in [3.8, 4) is 0 Å². The van der Waals surface area contributed by atoms with Crippen LogP contribution in [0.3, 0.4) is 0 Å². The van der Waals surface area contributed by atoms with Gasteiger partial charge >= 0.3 is 0 Å². The highest BCUT2D eigenvalue weighted by Gasteiger charge is 2.21. The number of pyridine rings is 1. The molecular formula is C7H5BrClF2NO2S. The summed E-state index contributed by atoms with van der Waals surface area (Å²) in [6.45, 7) is 1.34. The summed E-state index contributed by atoms with van der Waals surface area (Å²) >= 11 is 2.78. The highest BCUT2D eigenvalue weighted by molar-refractivity contribution is 9.10. The van der Waals surface area contributed by atoms with E-state index in [1.54, 1.807) is 0 Å². The summed E-state index contributed by atoms with van der Waals surface area (Å²) < 4.78 is 46.5. The van der Waals surface area contributed by atoms with Crippen molar-refractivity contribution in [3.05, 3.63) is 21.9 Å². The maximum Gasteiger partial charge on any atom is 0.280 e. The molecule has 0 saturated carbocycles. The number of aromatic nitrogens is 1. The molecule has 0 aliphatic heterocycles. The smallest absolute Gasteiger partial charge is 0.238 e. The lowest BCUT2D eigenvalue weighted by Gasteiger charge is -2.07. The fraction of sp³-hybridized carbons (Fsp3) is 0.286. The molecule has 15 heavy (non-hydrogen) atoms. The van der Waals surface area contributed by atoms with Gasteiger partial charge in [0.05, 0.1) is 0 Å². The van der Waals surface area contributed by atoms with Crippen LogP contribution >= 0.6 is 26.6 Å². The second kappa shape index (κ2) is 4.31. The second-order valence-electron chi connectivity index (χ2n) is 2.72. The number of halogens is 4. The van der Waals surface area contributed by atoms with Gasteiger partial charge in [-0.3, -0.25) is 0 Å². The number of rotatable bonds is 2. The summed E-state index contributed by atoms with van der Waals surface area (Å²) in [4.78, 5) is 3.13. The SMILES string of the molecule is Cc1cc(S(=O)(=O)Cl)c(Br)nc1C(F)F. The molecule has 84 valence electrons. The normalized spacial score (nSPS) is 12.1. The fourth-order valence-corrected chi connectivity index (χ4v) is 3.11. The second-order valence-corrected chi connectivity index (χ2v) is 6.00. The molecule has 0 fully saturated rings. The van der Waals surface area contributed by atoms with Gasteiger partial charge in [0.1, 0.15) is 15.2 Å². The molecule has 0 aliphatic carbocycles. The first-order valence-electron chi connectivity index (χ1n) is 3.63. The van der Waals surface area contributed by atoms with Crippen molar-refractivity contribution in [1.82, 2.24) is 4.98 Å². The van der Waals surface area contributed by atoms with Crippen molar-refractivity contribution in [2.24, 2.45) is 0 Å². The molecule has 0 saturated heterocycles. The standard InChI is InChI=1S/C7H5BrClF2NO2S/c1-3-2-4(15(9,13)14)6(8)12-5(3)7(10)11/h2,7H,1H3. The first-order chi connectivity index (χ1) is 6.73. The van der Waals surface area contributed by atoms with E-state index in [0.717, 1.165) is 6.07 Å². The molecule has 0 atom stereocenters. The van der Waals surface area contributed by atoms with Gasteiger partial charge in [-0.25, -0.2) is 22.2 Å². The Morgan fingerprint density at radius 1 is 1.53 bits per heavy atom. The van der Waals surface area contributed by atoms with Crippen LogP contribution in [0.4, 0.5) is 8.78 Å². The minimum absolute atomic E-state index is 0.0763. The third-order valence-electron chi connectivity index (χ3n) is 1.64. The molecule has 0 aromatic carbocycles. The molecule has 0 bridgehead atoms. The Balaban J connectivity index is 3.46. The van der Waals surface area contributed by atoms with E-state index in [0.29, 0.717) is 0 Å². The van der Waals surface area contributed by atoms with E-state index in [-0.39, 0.29) is 15.1 Å². The average Bonchev–Trinajstić information content (AvgIpc) is 2.06. The van der Waals surface area contributed by atoms with Gasteiger partial charge in [0.25, 0.3) is 15.5 Å². The molecular weight excluding hydrogens is 316 g/mol. The molecule has 1 heterocycles. The Bertz CT molecular complexity index is 492. The molecule has 0 radical (unpaired) electrons. The number of hydrogen-bond donors (Lipinski definition) is 0. The van der Waals surface area contributed by atoms with Crippen molar-refractivity contribution in [2.75, 3.05) is 0 Å². The van der Waals surface area contributed by atoms with Crippen LogP contribution in [-0.4, -0.2) is 13.4 Å². The molecule has 1 aromatic rings. The third-order valence-corrected chi connectivity index (χ3v) is 3.85. The van der Waals surface area contributed by atoms with E-state index in [2.05, 4.69) is 20.9 Å². The van der Waals surface area contributed by atoms with Crippen LogP contribution in [0.5, 0.6) is 0 Å². The Morgan fingerprint density at radius 3 is 2.47 bits per heavy atom. The van der Waals surface area contributed by atoms with E-state index < -0.39 is 21.2 Å². The van der Waals surface area contributed by atoms with Gasteiger partial charge in [-0.15, -0.1) is 0 Å². The Labute approximate surface area is 98.0 Å². The molecule has 8 heteroatoms. The van der Waals surface area contributed by atoms with Crippen LogP contribution in [-0.2, 0) is 9.05 Å². The number of nitrogens with zero attached hydrogens (tertiary/aromatic N) is 1. The van der Waals surface area contributed by atoms with E-state index in [9.17, 15) is 17.2 Å². The van der Waals surface area contributed by atoms with Gasteiger partial charge in [0.15, 0.2) is 0 Å². The van der Waals surface area contributed by atoms with Crippen molar-refractivity contribution in [2.45, 2.75) is 18.2 Å². The highest BCUT2D eigenvalue weighted by atomic mass is 79.9. The summed E-state index contributed by atoms with van der Waals surface area (Å²) in [5.41, 5.74) is -0.390. The maximum atomic E-state index is 12.4. The van der Waals surface area contributed by atoms with Crippen molar-refractivity contribution < 1.29 is 17.2 Å². The number of hydrogen-bond acceptors (Lipinski definition) is 3. The van der Waals surface area contributed by atoms with Crippen LogP contribution in [0.1, 0.15) is 17.7 Å². The molecule has 0 spiro atoms. The van der Waals surface area contributed by atoms with Crippen LogP contribution in [0, 0.1) is 6.92 Å². The Kier molecular flexibility index (Phi) is 3.67. The zero-order chi connectivity index (χ0) is 11.8. The van der Waals surface area contributed by atoms with Gasteiger partial charge in [-0.1, -0.05) is 0 Å². The quantitative estimate of drug-likeness (QED) is 0.621. The van der Waals surface area contributed by atoms with Crippen molar-refractivity contribution in [3.63, 3.8) is 0 Å². The number of alkyl halides is 2. The summed E-state index contributed by atoms with van der Waals surface area (Å²) in [5, 5.41) is 0. The summed E-state index contributed by atoms with van der Waals surface area (Å²) in [5.74, 6) is 0. The zero-order valence-electron chi connectivity index (χ0n) is 7.34. The number of aryl methyl sites for hydroxylation is 1.